The van der Waals surface area contributed by atoms with Crippen LogP contribution in [-0.4, -0.2) is 24.5 Å². The zero-order chi connectivity index (χ0) is 15.5. The van der Waals surface area contributed by atoms with Crippen LogP contribution in [0.25, 0.3) is 0 Å². The minimum Gasteiger partial charge on any atom is -0.476 e. The first-order valence-corrected chi connectivity index (χ1v) is 7.28. The van der Waals surface area contributed by atoms with Crippen molar-refractivity contribution in [2.45, 2.75) is 19.4 Å². The average molecular weight is 304 g/mol. The Morgan fingerprint density at radius 1 is 1.10 bits per heavy atom. The SMILES string of the molecule is COC(=O)C(C)(C)Oc1ccc(C(=O)c2cccs2)cc1. The van der Waals surface area contributed by atoms with E-state index in [0.717, 1.165) is 0 Å². The van der Waals surface area contributed by atoms with Crippen molar-refractivity contribution >= 4 is 23.1 Å². The highest BCUT2D eigenvalue weighted by Gasteiger charge is 2.31. The normalized spacial score (nSPS) is 11.0. The van der Waals surface area contributed by atoms with Crippen LogP contribution >= 0.6 is 11.3 Å². The summed E-state index contributed by atoms with van der Waals surface area (Å²) in [5.74, 6) is 0.0261. The number of rotatable bonds is 5. The highest BCUT2D eigenvalue weighted by molar-refractivity contribution is 7.12. The fourth-order valence-electron chi connectivity index (χ4n) is 1.81. The van der Waals surface area contributed by atoms with Gasteiger partial charge >= 0.3 is 5.97 Å². The predicted octanol–water partition coefficient (Wildman–Crippen LogP) is 3.31. The van der Waals surface area contributed by atoms with E-state index in [0.29, 0.717) is 16.2 Å². The molecule has 0 unspecified atom stereocenters. The molecule has 1 aromatic heterocycles. The van der Waals surface area contributed by atoms with E-state index >= 15 is 0 Å². The summed E-state index contributed by atoms with van der Waals surface area (Å²) in [6.07, 6.45) is 0. The summed E-state index contributed by atoms with van der Waals surface area (Å²) >= 11 is 1.40. The molecule has 0 bridgehead atoms. The second-order valence-corrected chi connectivity index (χ2v) is 5.88. The third-order valence-electron chi connectivity index (χ3n) is 2.91. The Hall–Kier alpha value is -2.14. The minimum absolute atomic E-state index is 0.0243. The molecule has 0 N–H and O–H groups in total. The van der Waals surface area contributed by atoms with Crippen molar-refractivity contribution in [2.24, 2.45) is 0 Å². The number of thiophene rings is 1. The topological polar surface area (TPSA) is 52.6 Å². The van der Waals surface area contributed by atoms with Crippen molar-refractivity contribution in [1.29, 1.82) is 0 Å². The maximum absolute atomic E-state index is 12.2. The molecule has 0 aliphatic rings. The van der Waals surface area contributed by atoms with Gasteiger partial charge in [-0.05, 0) is 49.6 Å². The van der Waals surface area contributed by atoms with Gasteiger partial charge in [-0.3, -0.25) is 4.79 Å². The summed E-state index contributed by atoms with van der Waals surface area (Å²) in [6, 6.07) is 10.3. The number of ether oxygens (including phenoxy) is 2. The summed E-state index contributed by atoms with van der Waals surface area (Å²) in [7, 11) is 1.32. The molecule has 5 heteroatoms. The van der Waals surface area contributed by atoms with Crippen LogP contribution in [-0.2, 0) is 9.53 Å². The minimum atomic E-state index is -1.08. The van der Waals surface area contributed by atoms with Crippen LogP contribution in [0.3, 0.4) is 0 Å². The molecule has 110 valence electrons. The first-order chi connectivity index (χ1) is 9.94. The molecular weight excluding hydrogens is 288 g/mol. The van der Waals surface area contributed by atoms with Crippen LogP contribution in [0.5, 0.6) is 5.75 Å². The molecule has 1 heterocycles. The zero-order valence-electron chi connectivity index (χ0n) is 12.1. The Bertz CT molecular complexity index is 627. The lowest BCUT2D eigenvalue weighted by Crippen LogP contribution is -2.39. The van der Waals surface area contributed by atoms with Crippen LogP contribution in [0.2, 0.25) is 0 Å². The quantitative estimate of drug-likeness (QED) is 0.628. The Morgan fingerprint density at radius 2 is 1.76 bits per heavy atom. The van der Waals surface area contributed by atoms with Crippen molar-refractivity contribution < 1.29 is 19.1 Å². The standard InChI is InChI=1S/C16H16O4S/c1-16(2,15(18)19-3)20-12-8-6-11(7-9-12)14(17)13-5-4-10-21-13/h4-10H,1-3H3. The molecule has 0 fully saturated rings. The fourth-order valence-corrected chi connectivity index (χ4v) is 2.49. The van der Waals surface area contributed by atoms with Gasteiger partial charge in [0.05, 0.1) is 12.0 Å². The van der Waals surface area contributed by atoms with Crippen molar-refractivity contribution in [1.82, 2.24) is 0 Å². The lowest BCUT2D eigenvalue weighted by molar-refractivity contribution is -0.156. The van der Waals surface area contributed by atoms with Crippen LogP contribution in [0.4, 0.5) is 0 Å². The maximum atomic E-state index is 12.2. The molecule has 0 aliphatic heterocycles. The van der Waals surface area contributed by atoms with E-state index in [1.165, 1.54) is 18.4 Å². The molecule has 0 saturated heterocycles. The molecule has 0 spiro atoms. The number of hydrogen-bond acceptors (Lipinski definition) is 5. The van der Waals surface area contributed by atoms with Gasteiger partial charge in [0.15, 0.2) is 5.60 Å². The van der Waals surface area contributed by atoms with Gasteiger partial charge in [0, 0.05) is 5.56 Å². The van der Waals surface area contributed by atoms with Crippen LogP contribution in [0.1, 0.15) is 29.1 Å². The van der Waals surface area contributed by atoms with Gasteiger partial charge in [0.25, 0.3) is 0 Å². The number of benzene rings is 1. The Balaban J connectivity index is 2.13. The second-order valence-electron chi connectivity index (χ2n) is 4.93. The number of hydrogen-bond donors (Lipinski definition) is 0. The first-order valence-electron chi connectivity index (χ1n) is 6.40. The number of carbonyl (C=O) groups excluding carboxylic acids is 2. The third kappa shape index (κ3) is 3.49. The van der Waals surface area contributed by atoms with E-state index in [2.05, 4.69) is 4.74 Å². The molecule has 0 atom stereocenters. The summed E-state index contributed by atoms with van der Waals surface area (Å²) in [4.78, 5) is 24.4. The van der Waals surface area contributed by atoms with E-state index in [4.69, 9.17) is 4.74 Å². The zero-order valence-corrected chi connectivity index (χ0v) is 12.9. The first kappa shape index (κ1) is 15.3. The Labute approximate surface area is 127 Å². The van der Waals surface area contributed by atoms with Crippen molar-refractivity contribution in [3.05, 3.63) is 52.2 Å². The van der Waals surface area contributed by atoms with Crippen LogP contribution in [0, 0.1) is 0 Å². The molecular formula is C16H16O4S. The molecule has 4 nitrogen and oxygen atoms in total. The van der Waals surface area contributed by atoms with E-state index in [-0.39, 0.29) is 5.78 Å². The average Bonchev–Trinajstić information content (AvgIpc) is 3.00. The Kier molecular flexibility index (Phi) is 4.43. The van der Waals surface area contributed by atoms with Crippen molar-refractivity contribution in [2.75, 3.05) is 7.11 Å². The molecule has 2 rings (SSSR count). The molecule has 0 radical (unpaired) electrons. The number of esters is 1. The molecule has 21 heavy (non-hydrogen) atoms. The van der Waals surface area contributed by atoms with Gasteiger partial charge in [-0.25, -0.2) is 4.79 Å². The maximum Gasteiger partial charge on any atom is 0.349 e. The monoisotopic (exact) mass is 304 g/mol. The van der Waals surface area contributed by atoms with Gasteiger partial charge in [-0.2, -0.15) is 0 Å². The molecule has 0 amide bonds. The fraction of sp³-hybridized carbons (Fsp3) is 0.250. The van der Waals surface area contributed by atoms with Gasteiger partial charge in [-0.15, -0.1) is 11.3 Å². The van der Waals surface area contributed by atoms with E-state index in [9.17, 15) is 9.59 Å². The second kappa shape index (κ2) is 6.10. The van der Waals surface area contributed by atoms with E-state index in [1.807, 2.05) is 11.4 Å². The highest BCUT2D eigenvalue weighted by Crippen LogP contribution is 2.22. The van der Waals surface area contributed by atoms with Crippen LogP contribution in [0.15, 0.2) is 41.8 Å². The number of ketones is 1. The van der Waals surface area contributed by atoms with Gasteiger partial charge < -0.3 is 9.47 Å². The summed E-state index contributed by atoms with van der Waals surface area (Å²) < 4.78 is 10.3. The molecule has 0 saturated carbocycles. The number of carbonyl (C=O) groups is 2. The largest absolute Gasteiger partial charge is 0.476 e. The Morgan fingerprint density at radius 3 is 2.29 bits per heavy atom. The highest BCUT2D eigenvalue weighted by atomic mass is 32.1. The molecule has 2 aromatic rings. The predicted molar refractivity (Wildman–Crippen MR) is 80.9 cm³/mol. The van der Waals surface area contributed by atoms with E-state index in [1.54, 1.807) is 44.2 Å². The van der Waals surface area contributed by atoms with Gasteiger partial charge in [0.1, 0.15) is 5.75 Å². The third-order valence-corrected chi connectivity index (χ3v) is 3.78. The van der Waals surface area contributed by atoms with Gasteiger partial charge in [0.2, 0.25) is 5.78 Å². The summed E-state index contributed by atoms with van der Waals surface area (Å²) in [5, 5.41) is 1.86. The smallest absolute Gasteiger partial charge is 0.349 e. The number of methoxy groups -OCH3 is 1. The van der Waals surface area contributed by atoms with Crippen molar-refractivity contribution in [3.8, 4) is 5.75 Å². The lowest BCUT2D eigenvalue weighted by atomic mass is 10.1. The molecule has 1 aromatic carbocycles. The van der Waals surface area contributed by atoms with Crippen molar-refractivity contribution in [3.63, 3.8) is 0 Å². The molecule has 0 aliphatic carbocycles. The lowest BCUT2D eigenvalue weighted by Gasteiger charge is -2.23. The van der Waals surface area contributed by atoms with Crippen LogP contribution < -0.4 is 4.74 Å². The summed E-state index contributed by atoms with van der Waals surface area (Å²) in [6.45, 7) is 3.26. The summed E-state index contributed by atoms with van der Waals surface area (Å²) in [5.41, 5.74) is -0.491. The van der Waals surface area contributed by atoms with E-state index < -0.39 is 11.6 Å². The van der Waals surface area contributed by atoms with Gasteiger partial charge in [-0.1, -0.05) is 6.07 Å².